The highest BCUT2D eigenvalue weighted by atomic mass is 35.5. The molecular weight excluding hydrogens is 264 g/mol. The molecule has 0 saturated carbocycles. The number of aromatic nitrogens is 2. The first-order valence-electron chi connectivity index (χ1n) is 4.84. The van der Waals surface area contributed by atoms with Crippen LogP contribution in [0.15, 0.2) is 11.2 Å². The summed E-state index contributed by atoms with van der Waals surface area (Å²) < 4.78 is 26.6. The summed E-state index contributed by atoms with van der Waals surface area (Å²) in [5.74, 6) is -0.387. The molecule has 6 nitrogen and oxygen atoms in total. The van der Waals surface area contributed by atoms with Gasteiger partial charge in [-0.25, -0.2) is 8.42 Å². The first-order chi connectivity index (χ1) is 7.80. The van der Waals surface area contributed by atoms with Crippen molar-refractivity contribution in [1.82, 2.24) is 14.1 Å². The topological polar surface area (TPSA) is 79.0 Å². The van der Waals surface area contributed by atoms with Crippen molar-refractivity contribution in [2.24, 2.45) is 13.0 Å². The Hall–Kier alpha value is -1.10. The number of nitrogens with zero attached hydrogens (tertiary/aromatic N) is 4. The van der Waals surface area contributed by atoms with Gasteiger partial charge in [0.1, 0.15) is 0 Å². The molecule has 1 unspecified atom stereocenters. The van der Waals surface area contributed by atoms with Gasteiger partial charge >= 0.3 is 0 Å². The van der Waals surface area contributed by atoms with Crippen LogP contribution >= 0.6 is 11.6 Å². The van der Waals surface area contributed by atoms with E-state index in [1.807, 2.05) is 6.07 Å². The minimum atomic E-state index is -3.71. The van der Waals surface area contributed by atoms with Gasteiger partial charge in [0.05, 0.1) is 23.2 Å². The lowest BCUT2D eigenvalue weighted by Crippen LogP contribution is -2.32. The Morgan fingerprint density at radius 3 is 2.71 bits per heavy atom. The minimum absolute atomic E-state index is 0.0631. The quantitative estimate of drug-likeness (QED) is 0.817. The third-order valence-corrected chi connectivity index (χ3v) is 4.58. The average molecular weight is 277 g/mol. The van der Waals surface area contributed by atoms with Gasteiger partial charge in [0, 0.05) is 20.6 Å². The molecule has 0 aliphatic rings. The molecule has 1 aromatic heterocycles. The summed E-state index contributed by atoms with van der Waals surface area (Å²) in [7, 11) is -0.802. The molecule has 1 heterocycles. The third kappa shape index (κ3) is 2.77. The molecule has 0 aliphatic heterocycles. The molecule has 17 heavy (non-hydrogen) atoms. The number of aryl methyl sites for hydroxylation is 1. The first kappa shape index (κ1) is 14.0. The largest absolute Gasteiger partial charge is 0.261 e. The van der Waals surface area contributed by atoms with Crippen molar-refractivity contribution in [3.05, 3.63) is 11.2 Å². The lowest BCUT2D eigenvalue weighted by atomic mass is 10.2. The summed E-state index contributed by atoms with van der Waals surface area (Å²) in [4.78, 5) is 0. The van der Waals surface area contributed by atoms with E-state index in [2.05, 4.69) is 5.10 Å². The number of sulfonamides is 1. The zero-order valence-electron chi connectivity index (χ0n) is 9.75. The summed E-state index contributed by atoms with van der Waals surface area (Å²) in [6.45, 7) is 1.76. The van der Waals surface area contributed by atoms with Gasteiger partial charge in [-0.05, 0) is 6.92 Å². The molecule has 1 rings (SSSR count). The fourth-order valence-corrected chi connectivity index (χ4v) is 3.22. The maximum atomic E-state index is 12.2. The SMILES string of the molecule is CC(C#N)CN(C)S(=O)(=O)c1c(Cl)cnn1C. The van der Waals surface area contributed by atoms with Gasteiger partial charge in [0.2, 0.25) is 0 Å². The van der Waals surface area contributed by atoms with Crippen LogP contribution in [-0.4, -0.2) is 36.1 Å². The van der Waals surface area contributed by atoms with Crippen molar-refractivity contribution < 1.29 is 8.42 Å². The molecule has 1 atom stereocenters. The van der Waals surface area contributed by atoms with Crippen LogP contribution in [0.25, 0.3) is 0 Å². The minimum Gasteiger partial charge on any atom is -0.255 e. The maximum Gasteiger partial charge on any atom is 0.261 e. The van der Waals surface area contributed by atoms with Crippen molar-refractivity contribution in [2.45, 2.75) is 11.9 Å². The zero-order chi connectivity index (χ0) is 13.2. The molecule has 0 spiro atoms. The normalized spacial score (nSPS) is 13.6. The standard InChI is InChI=1S/C9H13ClN4O2S/c1-7(4-11)6-13(2)17(15,16)9-8(10)5-12-14(9)3/h5,7H,6H2,1-3H3. The number of hydrogen-bond acceptors (Lipinski definition) is 4. The Bertz CT molecular complexity index is 526. The van der Waals surface area contributed by atoms with Crippen LogP contribution in [0.5, 0.6) is 0 Å². The van der Waals surface area contributed by atoms with E-state index < -0.39 is 10.0 Å². The highest BCUT2D eigenvalue weighted by Gasteiger charge is 2.28. The van der Waals surface area contributed by atoms with Gasteiger partial charge in [-0.2, -0.15) is 14.7 Å². The molecule has 0 aromatic carbocycles. The third-order valence-electron chi connectivity index (χ3n) is 2.25. The molecule has 0 saturated heterocycles. The van der Waals surface area contributed by atoms with Crippen LogP contribution in [0.2, 0.25) is 5.02 Å². The molecule has 0 fully saturated rings. The molecule has 94 valence electrons. The van der Waals surface area contributed by atoms with Gasteiger partial charge in [0.15, 0.2) is 5.03 Å². The van der Waals surface area contributed by atoms with Gasteiger partial charge in [-0.15, -0.1) is 0 Å². The summed E-state index contributed by atoms with van der Waals surface area (Å²) in [5, 5.41) is 12.5. The van der Waals surface area contributed by atoms with Gasteiger partial charge in [0.25, 0.3) is 10.0 Å². The van der Waals surface area contributed by atoms with Gasteiger partial charge < -0.3 is 0 Å². The second kappa shape index (κ2) is 5.04. The van der Waals surface area contributed by atoms with Crippen LogP contribution in [0.3, 0.4) is 0 Å². The number of rotatable bonds is 4. The number of hydrogen-bond donors (Lipinski definition) is 0. The van der Waals surface area contributed by atoms with Gasteiger partial charge in [-0.1, -0.05) is 11.6 Å². The second-order valence-electron chi connectivity index (χ2n) is 3.74. The predicted molar refractivity (Wildman–Crippen MR) is 62.8 cm³/mol. The van der Waals surface area contributed by atoms with Crippen LogP contribution < -0.4 is 0 Å². The Kier molecular flexibility index (Phi) is 4.14. The molecule has 0 N–H and O–H groups in total. The smallest absolute Gasteiger partial charge is 0.255 e. The van der Waals surface area contributed by atoms with E-state index >= 15 is 0 Å². The molecule has 0 amide bonds. The van der Waals surface area contributed by atoms with E-state index in [9.17, 15) is 8.42 Å². The summed E-state index contributed by atoms with van der Waals surface area (Å²) in [6.07, 6.45) is 1.27. The van der Waals surface area contributed by atoms with Gasteiger partial charge in [-0.3, -0.25) is 4.68 Å². The maximum absolute atomic E-state index is 12.2. The zero-order valence-corrected chi connectivity index (χ0v) is 11.3. The predicted octanol–water partition coefficient (Wildman–Crippen LogP) is 0.854. The van der Waals surface area contributed by atoms with Crippen molar-refractivity contribution in [3.8, 4) is 6.07 Å². The van der Waals surface area contributed by atoms with E-state index in [-0.39, 0.29) is 22.5 Å². The van der Waals surface area contributed by atoms with E-state index in [1.54, 1.807) is 6.92 Å². The Balaban J connectivity index is 3.09. The van der Waals surface area contributed by atoms with Crippen LogP contribution in [0, 0.1) is 17.2 Å². The van der Waals surface area contributed by atoms with Crippen molar-refractivity contribution in [2.75, 3.05) is 13.6 Å². The van der Waals surface area contributed by atoms with E-state index in [4.69, 9.17) is 16.9 Å². The highest BCUT2D eigenvalue weighted by Crippen LogP contribution is 2.23. The average Bonchev–Trinajstić information content (AvgIpc) is 2.58. The summed E-state index contributed by atoms with van der Waals surface area (Å²) in [6, 6.07) is 1.98. The molecule has 8 heteroatoms. The van der Waals surface area contributed by atoms with Crippen molar-refractivity contribution >= 4 is 21.6 Å². The molecule has 1 aromatic rings. The fourth-order valence-electron chi connectivity index (χ4n) is 1.36. The van der Waals surface area contributed by atoms with Crippen LogP contribution in [-0.2, 0) is 17.1 Å². The number of halogens is 1. The fraction of sp³-hybridized carbons (Fsp3) is 0.556. The van der Waals surface area contributed by atoms with Crippen molar-refractivity contribution in [3.63, 3.8) is 0 Å². The Labute approximate surface area is 105 Å². The molecular formula is C9H13ClN4O2S. The second-order valence-corrected chi connectivity index (χ2v) is 6.10. The molecule has 0 bridgehead atoms. The molecule has 0 aliphatic carbocycles. The monoisotopic (exact) mass is 276 g/mol. The van der Waals surface area contributed by atoms with E-state index in [0.717, 1.165) is 4.31 Å². The highest BCUT2D eigenvalue weighted by molar-refractivity contribution is 7.89. The first-order valence-corrected chi connectivity index (χ1v) is 6.66. The van der Waals surface area contributed by atoms with E-state index in [1.165, 1.54) is 25.0 Å². The van der Waals surface area contributed by atoms with Crippen LogP contribution in [0.1, 0.15) is 6.92 Å². The lowest BCUT2D eigenvalue weighted by molar-refractivity contribution is 0.432. The Morgan fingerprint density at radius 1 is 1.71 bits per heavy atom. The summed E-state index contributed by atoms with van der Waals surface area (Å²) in [5.41, 5.74) is 0. The van der Waals surface area contributed by atoms with E-state index in [0.29, 0.717) is 0 Å². The Morgan fingerprint density at radius 2 is 2.29 bits per heavy atom. The van der Waals surface area contributed by atoms with Crippen molar-refractivity contribution in [1.29, 1.82) is 5.26 Å². The summed E-state index contributed by atoms with van der Waals surface area (Å²) >= 11 is 5.79. The van der Waals surface area contributed by atoms with Crippen LogP contribution in [0.4, 0.5) is 0 Å². The number of nitriles is 1. The molecule has 0 radical (unpaired) electrons. The lowest BCUT2D eigenvalue weighted by Gasteiger charge is -2.18.